The lowest BCUT2D eigenvalue weighted by molar-refractivity contribution is 0.208. The van der Waals surface area contributed by atoms with E-state index in [1.807, 2.05) is 47.4 Å². The highest BCUT2D eigenvalue weighted by atomic mass is 32.1. The number of urea groups is 1. The lowest BCUT2D eigenvalue weighted by atomic mass is 10.0. The zero-order chi connectivity index (χ0) is 22.6. The number of benzene rings is 1. The number of fused-ring (bicyclic) bond motifs is 1. The molecular formula is C25H23N5O2S. The van der Waals surface area contributed by atoms with Gasteiger partial charge in [-0.2, -0.15) is 0 Å². The molecule has 0 atom stereocenters. The molecule has 1 saturated heterocycles. The Labute approximate surface area is 195 Å². The molecule has 166 valence electrons. The van der Waals surface area contributed by atoms with Gasteiger partial charge >= 0.3 is 6.03 Å². The molecule has 1 N–H and O–H groups in total. The van der Waals surface area contributed by atoms with Gasteiger partial charge in [0.05, 0.1) is 23.0 Å². The summed E-state index contributed by atoms with van der Waals surface area (Å²) in [6, 6.07) is 15.7. The Kier molecular flexibility index (Phi) is 5.99. The number of rotatable bonds is 4. The summed E-state index contributed by atoms with van der Waals surface area (Å²) in [4.78, 5) is 27.8. The van der Waals surface area contributed by atoms with Crippen molar-refractivity contribution in [3.05, 3.63) is 72.2 Å². The van der Waals surface area contributed by atoms with E-state index in [1.165, 1.54) is 16.9 Å². The van der Waals surface area contributed by atoms with E-state index in [2.05, 4.69) is 32.4 Å². The van der Waals surface area contributed by atoms with Crippen LogP contribution in [0.15, 0.2) is 66.5 Å². The van der Waals surface area contributed by atoms with Crippen molar-refractivity contribution in [2.45, 2.75) is 12.8 Å². The number of piperidine rings is 1. The number of aromatic nitrogens is 3. The van der Waals surface area contributed by atoms with Crippen molar-refractivity contribution >= 4 is 38.8 Å². The minimum atomic E-state index is -0.106. The number of hydrogen-bond acceptors (Lipinski definition) is 6. The number of nitrogens with zero attached hydrogens (tertiary/aromatic N) is 4. The fourth-order valence-electron chi connectivity index (χ4n) is 3.81. The SMILES string of the molecule is COc1ccc(-c2ccc3nc(NC(=O)N4CCC(=Cc5ccccn5)CC4)sc3c2)cn1. The molecule has 4 heterocycles. The summed E-state index contributed by atoms with van der Waals surface area (Å²) in [5, 5.41) is 3.58. The minimum Gasteiger partial charge on any atom is -0.481 e. The molecule has 1 aliphatic rings. The van der Waals surface area contributed by atoms with Gasteiger partial charge in [0.15, 0.2) is 5.13 Å². The fraction of sp³-hybridized carbons (Fsp3) is 0.200. The minimum absolute atomic E-state index is 0.106. The summed E-state index contributed by atoms with van der Waals surface area (Å²) in [6.45, 7) is 1.37. The maximum Gasteiger partial charge on any atom is 0.323 e. The molecule has 7 nitrogen and oxygen atoms in total. The van der Waals surface area contributed by atoms with Gasteiger partial charge in [-0.1, -0.05) is 29.0 Å². The highest BCUT2D eigenvalue weighted by Crippen LogP contribution is 2.31. The Morgan fingerprint density at radius 2 is 1.94 bits per heavy atom. The highest BCUT2D eigenvalue weighted by Gasteiger charge is 2.20. The average molecular weight is 458 g/mol. The quantitative estimate of drug-likeness (QED) is 0.439. The number of methoxy groups -OCH3 is 1. The number of carbonyl (C=O) groups is 1. The molecule has 33 heavy (non-hydrogen) atoms. The van der Waals surface area contributed by atoms with Crippen molar-refractivity contribution in [1.82, 2.24) is 19.9 Å². The van der Waals surface area contributed by atoms with E-state index in [4.69, 9.17) is 4.74 Å². The number of ether oxygens (including phenoxy) is 1. The summed E-state index contributed by atoms with van der Waals surface area (Å²) in [6.07, 6.45) is 7.41. The van der Waals surface area contributed by atoms with E-state index in [0.717, 1.165) is 39.9 Å². The summed E-state index contributed by atoms with van der Waals surface area (Å²) < 4.78 is 6.14. The van der Waals surface area contributed by atoms with E-state index in [9.17, 15) is 4.79 Å². The predicted molar refractivity (Wildman–Crippen MR) is 131 cm³/mol. The number of nitrogens with one attached hydrogen (secondary N) is 1. The molecule has 0 spiro atoms. The molecule has 0 radical (unpaired) electrons. The summed E-state index contributed by atoms with van der Waals surface area (Å²) in [5.74, 6) is 0.583. The van der Waals surface area contributed by atoms with Crippen molar-refractivity contribution in [2.24, 2.45) is 0 Å². The first-order valence-electron chi connectivity index (χ1n) is 10.8. The number of likely N-dealkylation sites (tertiary alicyclic amines) is 1. The standard InChI is InChI=1S/C25H23N5O2S/c1-32-23-8-6-19(16-27-23)18-5-7-21-22(15-18)33-24(28-21)29-25(31)30-12-9-17(10-13-30)14-20-4-2-3-11-26-20/h2-8,11,14-16H,9-10,12-13H2,1H3,(H,28,29,31). The predicted octanol–water partition coefficient (Wildman–Crippen LogP) is 5.47. The van der Waals surface area contributed by atoms with Crippen LogP contribution in [0, 0.1) is 0 Å². The maximum atomic E-state index is 12.8. The van der Waals surface area contributed by atoms with E-state index in [0.29, 0.717) is 24.1 Å². The van der Waals surface area contributed by atoms with Crippen LogP contribution in [-0.4, -0.2) is 46.1 Å². The molecule has 1 aliphatic heterocycles. The second-order valence-corrected chi connectivity index (χ2v) is 8.80. The molecule has 1 fully saturated rings. The van der Waals surface area contributed by atoms with Crippen LogP contribution in [0.5, 0.6) is 5.88 Å². The third-order valence-corrected chi connectivity index (χ3v) is 6.55. The van der Waals surface area contributed by atoms with Crippen molar-refractivity contribution in [3.63, 3.8) is 0 Å². The van der Waals surface area contributed by atoms with E-state index in [1.54, 1.807) is 19.5 Å². The maximum absolute atomic E-state index is 12.8. The van der Waals surface area contributed by atoms with E-state index in [-0.39, 0.29) is 6.03 Å². The van der Waals surface area contributed by atoms with Crippen LogP contribution in [0.25, 0.3) is 27.4 Å². The second kappa shape index (κ2) is 9.38. The van der Waals surface area contributed by atoms with Crippen molar-refractivity contribution in [3.8, 4) is 17.0 Å². The summed E-state index contributed by atoms with van der Waals surface area (Å²) >= 11 is 1.47. The number of hydrogen-bond donors (Lipinski definition) is 1. The molecule has 1 aromatic carbocycles. The van der Waals surface area contributed by atoms with Gasteiger partial charge in [-0.25, -0.2) is 14.8 Å². The number of amides is 2. The molecule has 0 saturated carbocycles. The number of pyridine rings is 2. The van der Waals surface area contributed by atoms with Crippen molar-refractivity contribution in [2.75, 3.05) is 25.5 Å². The summed E-state index contributed by atoms with van der Waals surface area (Å²) in [7, 11) is 1.60. The Balaban J connectivity index is 1.23. The van der Waals surface area contributed by atoms with E-state index < -0.39 is 0 Å². The van der Waals surface area contributed by atoms with Crippen molar-refractivity contribution in [1.29, 1.82) is 0 Å². The monoisotopic (exact) mass is 457 g/mol. The van der Waals surface area contributed by atoms with Gasteiger partial charge in [0.25, 0.3) is 0 Å². The van der Waals surface area contributed by atoms with Crippen LogP contribution in [0.1, 0.15) is 18.5 Å². The van der Waals surface area contributed by atoms with Crippen LogP contribution in [0.2, 0.25) is 0 Å². The first kappa shape index (κ1) is 21.1. The molecule has 0 aliphatic carbocycles. The zero-order valence-corrected chi connectivity index (χ0v) is 19.0. The lowest BCUT2D eigenvalue weighted by Gasteiger charge is -2.28. The molecule has 3 aromatic heterocycles. The van der Waals surface area contributed by atoms with Crippen LogP contribution in [0.4, 0.5) is 9.93 Å². The van der Waals surface area contributed by atoms with Crippen LogP contribution in [-0.2, 0) is 0 Å². The Hall–Kier alpha value is -3.78. The molecular weight excluding hydrogens is 434 g/mol. The molecule has 8 heteroatoms. The molecule has 4 aromatic rings. The largest absolute Gasteiger partial charge is 0.481 e. The van der Waals surface area contributed by atoms with Gasteiger partial charge in [-0.3, -0.25) is 10.3 Å². The van der Waals surface area contributed by atoms with Gasteiger partial charge in [0, 0.05) is 37.1 Å². The summed E-state index contributed by atoms with van der Waals surface area (Å²) in [5.41, 5.74) is 5.18. The van der Waals surface area contributed by atoms with Crippen LogP contribution in [0.3, 0.4) is 0 Å². The molecule has 2 amide bonds. The van der Waals surface area contributed by atoms with Crippen LogP contribution < -0.4 is 10.1 Å². The smallest absolute Gasteiger partial charge is 0.323 e. The molecule has 5 rings (SSSR count). The topological polar surface area (TPSA) is 80.2 Å². The second-order valence-electron chi connectivity index (χ2n) is 7.77. The van der Waals surface area contributed by atoms with E-state index >= 15 is 0 Å². The Morgan fingerprint density at radius 3 is 2.67 bits per heavy atom. The third kappa shape index (κ3) is 4.85. The van der Waals surface area contributed by atoms with Crippen molar-refractivity contribution < 1.29 is 9.53 Å². The van der Waals surface area contributed by atoms with Gasteiger partial charge in [-0.05, 0) is 54.8 Å². The number of thiazole rings is 1. The number of anilines is 1. The average Bonchev–Trinajstić information content (AvgIpc) is 3.26. The van der Waals surface area contributed by atoms with Gasteiger partial charge in [-0.15, -0.1) is 0 Å². The van der Waals surface area contributed by atoms with Gasteiger partial charge in [0.1, 0.15) is 0 Å². The van der Waals surface area contributed by atoms with Gasteiger partial charge in [0.2, 0.25) is 5.88 Å². The lowest BCUT2D eigenvalue weighted by Crippen LogP contribution is -2.39. The Morgan fingerprint density at radius 1 is 1.09 bits per heavy atom. The third-order valence-electron chi connectivity index (χ3n) is 5.61. The first-order chi connectivity index (χ1) is 16.2. The normalized spacial score (nSPS) is 13.7. The Bertz CT molecular complexity index is 1290. The highest BCUT2D eigenvalue weighted by molar-refractivity contribution is 7.22. The first-order valence-corrected chi connectivity index (χ1v) is 11.6. The van der Waals surface area contributed by atoms with Crippen LogP contribution >= 0.6 is 11.3 Å². The molecule has 0 bridgehead atoms. The number of carbonyl (C=O) groups excluding carboxylic acids is 1. The fourth-order valence-corrected chi connectivity index (χ4v) is 4.71. The zero-order valence-electron chi connectivity index (χ0n) is 18.2. The molecule has 0 unspecified atom stereocenters. The van der Waals surface area contributed by atoms with Gasteiger partial charge < -0.3 is 9.64 Å².